The first-order chi connectivity index (χ1) is 12.4. The van der Waals surface area contributed by atoms with Crippen LogP contribution in [0.1, 0.15) is 23.2 Å². The van der Waals surface area contributed by atoms with E-state index in [9.17, 15) is 13.6 Å². The Labute approximate surface area is 161 Å². The van der Waals surface area contributed by atoms with E-state index in [0.29, 0.717) is 33.7 Å². The lowest BCUT2D eigenvalue weighted by Crippen LogP contribution is -2.18. The molecule has 5 nitrogen and oxygen atoms in total. The molecule has 0 aliphatic rings. The summed E-state index contributed by atoms with van der Waals surface area (Å²) in [5.41, 5.74) is 2.55. The van der Waals surface area contributed by atoms with Gasteiger partial charge in [0.1, 0.15) is 4.60 Å². The summed E-state index contributed by atoms with van der Waals surface area (Å²) >= 11 is 9.45. The number of aryl methyl sites for hydroxylation is 1. The highest BCUT2D eigenvalue weighted by Crippen LogP contribution is 2.30. The minimum Gasteiger partial charge on any atom is -0.355 e. The van der Waals surface area contributed by atoms with E-state index in [-0.39, 0.29) is 12.3 Å². The van der Waals surface area contributed by atoms with Crippen LogP contribution in [0.25, 0.3) is 22.3 Å². The normalized spacial score (nSPS) is 11.5. The van der Waals surface area contributed by atoms with Crippen LogP contribution in [0.15, 0.2) is 28.9 Å². The second-order valence-corrected chi connectivity index (χ2v) is 7.04. The Morgan fingerprint density at radius 1 is 1.38 bits per heavy atom. The summed E-state index contributed by atoms with van der Waals surface area (Å²) in [7, 11) is 1.55. The molecule has 1 amide bonds. The summed E-state index contributed by atoms with van der Waals surface area (Å²) in [6, 6.07) is 7.02. The number of nitrogens with one attached hydrogen (secondary N) is 2. The van der Waals surface area contributed by atoms with Crippen molar-refractivity contribution in [2.45, 2.75) is 25.8 Å². The molecule has 0 bridgehead atoms. The van der Waals surface area contributed by atoms with Crippen LogP contribution in [0.4, 0.5) is 8.78 Å². The first kappa shape index (κ1) is 18.8. The molecule has 0 aliphatic heterocycles. The number of carbonyl (C=O) groups is 1. The third-order valence-electron chi connectivity index (χ3n) is 3.98. The summed E-state index contributed by atoms with van der Waals surface area (Å²) in [6.07, 6.45) is -2.20. The Morgan fingerprint density at radius 3 is 2.85 bits per heavy atom. The van der Waals surface area contributed by atoms with Gasteiger partial charge in [0.2, 0.25) is 6.43 Å². The molecule has 0 spiro atoms. The maximum absolute atomic E-state index is 12.4. The molecule has 0 fully saturated rings. The van der Waals surface area contributed by atoms with Crippen LogP contribution < -0.4 is 5.32 Å². The van der Waals surface area contributed by atoms with Gasteiger partial charge in [-0.25, -0.2) is 8.78 Å². The SMILES string of the molecule is CNC(=O)c1cc(Cl)cc2cc(-c3cc(Br)nn3CCCC(F)F)[nH]c12. The van der Waals surface area contributed by atoms with Crippen LogP contribution >= 0.6 is 27.5 Å². The number of rotatable bonds is 6. The molecule has 0 saturated carbocycles. The molecule has 0 aliphatic carbocycles. The largest absolute Gasteiger partial charge is 0.355 e. The van der Waals surface area contributed by atoms with Gasteiger partial charge in [0.15, 0.2) is 0 Å². The lowest BCUT2D eigenvalue weighted by atomic mass is 10.1. The van der Waals surface area contributed by atoms with Crippen molar-refractivity contribution < 1.29 is 13.6 Å². The van der Waals surface area contributed by atoms with Gasteiger partial charge < -0.3 is 10.3 Å². The minimum absolute atomic E-state index is 0.181. The fourth-order valence-corrected chi connectivity index (χ4v) is 3.46. The van der Waals surface area contributed by atoms with Crippen molar-refractivity contribution in [1.29, 1.82) is 0 Å². The van der Waals surface area contributed by atoms with Crippen molar-refractivity contribution in [2.24, 2.45) is 0 Å². The van der Waals surface area contributed by atoms with Gasteiger partial charge in [-0.3, -0.25) is 9.48 Å². The van der Waals surface area contributed by atoms with Crippen LogP contribution in [-0.4, -0.2) is 34.1 Å². The van der Waals surface area contributed by atoms with Crippen LogP contribution in [0.3, 0.4) is 0 Å². The average molecular weight is 446 g/mol. The third kappa shape index (κ3) is 3.91. The fourth-order valence-electron chi connectivity index (χ4n) is 2.83. The minimum atomic E-state index is -2.33. The van der Waals surface area contributed by atoms with E-state index in [1.807, 2.05) is 6.07 Å². The van der Waals surface area contributed by atoms with E-state index in [1.165, 1.54) is 0 Å². The number of aromatic amines is 1. The number of hydrogen-bond donors (Lipinski definition) is 2. The number of amides is 1. The maximum atomic E-state index is 12.4. The quantitative estimate of drug-likeness (QED) is 0.569. The van der Waals surface area contributed by atoms with Gasteiger partial charge >= 0.3 is 0 Å². The topological polar surface area (TPSA) is 62.7 Å². The molecule has 2 heterocycles. The number of aromatic nitrogens is 3. The summed E-state index contributed by atoms with van der Waals surface area (Å²) in [5, 5.41) is 8.13. The Bertz CT molecular complexity index is 954. The fraction of sp³-hybridized carbons (Fsp3) is 0.294. The molecule has 0 atom stereocenters. The van der Waals surface area contributed by atoms with Crippen molar-refractivity contribution in [2.75, 3.05) is 7.05 Å². The van der Waals surface area contributed by atoms with Gasteiger partial charge in [0.25, 0.3) is 5.91 Å². The average Bonchev–Trinajstić information content (AvgIpc) is 3.16. The molecule has 9 heteroatoms. The molecule has 0 radical (unpaired) electrons. The number of carbonyl (C=O) groups excluding carboxylic acids is 1. The molecular formula is C17H16BrClF2N4O. The zero-order valence-electron chi connectivity index (χ0n) is 13.8. The van der Waals surface area contributed by atoms with Crippen LogP contribution in [0.5, 0.6) is 0 Å². The Kier molecular flexibility index (Phi) is 5.62. The van der Waals surface area contributed by atoms with E-state index in [1.54, 1.807) is 29.9 Å². The lowest BCUT2D eigenvalue weighted by Gasteiger charge is -2.06. The molecule has 2 aromatic heterocycles. The highest BCUT2D eigenvalue weighted by Gasteiger charge is 2.16. The van der Waals surface area contributed by atoms with E-state index in [4.69, 9.17) is 11.6 Å². The van der Waals surface area contributed by atoms with Gasteiger partial charge in [-0.05, 0) is 40.5 Å². The molecule has 1 aromatic carbocycles. The van der Waals surface area contributed by atoms with E-state index in [2.05, 4.69) is 31.3 Å². The van der Waals surface area contributed by atoms with Crippen LogP contribution in [-0.2, 0) is 6.54 Å². The van der Waals surface area contributed by atoms with Crippen molar-refractivity contribution in [1.82, 2.24) is 20.1 Å². The van der Waals surface area contributed by atoms with Gasteiger partial charge in [0, 0.05) is 36.5 Å². The summed E-state index contributed by atoms with van der Waals surface area (Å²) < 4.78 is 27.1. The van der Waals surface area contributed by atoms with Gasteiger partial charge in [-0.15, -0.1) is 0 Å². The third-order valence-corrected chi connectivity index (χ3v) is 4.59. The number of benzene rings is 1. The highest BCUT2D eigenvalue weighted by molar-refractivity contribution is 9.10. The van der Waals surface area contributed by atoms with E-state index in [0.717, 1.165) is 16.8 Å². The predicted octanol–water partition coefficient (Wildman–Crippen LogP) is 4.85. The second-order valence-electron chi connectivity index (χ2n) is 5.79. The summed E-state index contributed by atoms with van der Waals surface area (Å²) in [4.78, 5) is 15.3. The van der Waals surface area contributed by atoms with E-state index >= 15 is 0 Å². The first-order valence-corrected chi connectivity index (χ1v) is 9.12. The number of hydrogen-bond acceptors (Lipinski definition) is 2. The molecule has 26 heavy (non-hydrogen) atoms. The standard InChI is InChI=1S/C17H16BrClF2N4O/c1-22-17(26)11-7-10(19)5-9-6-12(23-16(9)11)13-8-14(18)24-25(13)4-2-3-15(20)21/h5-8,15,23H,2-4H2,1H3,(H,22,26). The Balaban J connectivity index is 2.02. The number of fused-ring (bicyclic) bond motifs is 1. The summed E-state index contributed by atoms with van der Waals surface area (Å²) in [5.74, 6) is -0.252. The first-order valence-electron chi connectivity index (χ1n) is 7.95. The van der Waals surface area contributed by atoms with E-state index < -0.39 is 6.43 Å². The monoisotopic (exact) mass is 444 g/mol. The second kappa shape index (κ2) is 7.75. The zero-order chi connectivity index (χ0) is 18.8. The Morgan fingerprint density at radius 2 is 2.15 bits per heavy atom. The van der Waals surface area contributed by atoms with Gasteiger partial charge in [0.05, 0.1) is 22.5 Å². The number of H-pyrrole nitrogens is 1. The Hall–Kier alpha value is -1.93. The lowest BCUT2D eigenvalue weighted by molar-refractivity contribution is 0.0964. The van der Waals surface area contributed by atoms with Crippen LogP contribution in [0.2, 0.25) is 5.02 Å². The molecule has 3 aromatic rings. The molecule has 0 saturated heterocycles. The smallest absolute Gasteiger partial charge is 0.253 e. The maximum Gasteiger partial charge on any atom is 0.253 e. The zero-order valence-corrected chi connectivity index (χ0v) is 16.2. The summed E-state index contributed by atoms with van der Waals surface area (Å²) in [6.45, 7) is 0.365. The number of nitrogens with zero attached hydrogens (tertiary/aromatic N) is 2. The molecule has 138 valence electrons. The molecule has 3 rings (SSSR count). The molecule has 2 N–H and O–H groups in total. The van der Waals surface area contributed by atoms with Gasteiger partial charge in [-0.1, -0.05) is 11.6 Å². The van der Waals surface area contributed by atoms with Crippen molar-refractivity contribution in [3.63, 3.8) is 0 Å². The van der Waals surface area contributed by atoms with Crippen molar-refractivity contribution in [3.05, 3.63) is 39.5 Å². The number of alkyl halides is 2. The van der Waals surface area contributed by atoms with Crippen LogP contribution in [0, 0.1) is 0 Å². The van der Waals surface area contributed by atoms with Crippen molar-refractivity contribution >= 4 is 44.3 Å². The highest BCUT2D eigenvalue weighted by atomic mass is 79.9. The predicted molar refractivity (Wildman–Crippen MR) is 101 cm³/mol. The number of halogens is 4. The molecular weight excluding hydrogens is 430 g/mol. The van der Waals surface area contributed by atoms with Crippen molar-refractivity contribution in [3.8, 4) is 11.4 Å². The van der Waals surface area contributed by atoms with Gasteiger partial charge in [-0.2, -0.15) is 5.10 Å². The molecule has 0 unspecified atom stereocenters.